The Balaban J connectivity index is 1.73. The van der Waals surface area contributed by atoms with E-state index in [4.69, 9.17) is 4.99 Å². The Labute approximate surface area is 125 Å². The van der Waals surface area contributed by atoms with E-state index >= 15 is 0 Å². The summed E-state index contributed by atoms with van der Waals surface area (Å²) in [5, 5.41) is 3.24. The van der Waals surface area contributed by atoms with Gasteiger partial charge in [-0.15, -0.1) is 0 Å². The summed E-state index contributed by atoms with van der Waals surface area (Å²) < 4.78 is 2.34. The molecule has 4 rings (SSSR count). The number of nitrogens with one attached hydrogen (secondary N) is 1. The lowest BCUT2D eigenvalue weighted by Gasteiger charge is -2.21. The molecule has 0 aromatic carbocycles. The third-order valence-electron chi connectivity index (χ3n) is 4.68. The van der Waals surface area contributed by atoms with Crippen molar-refractivity contribution in [2.75, 3.05) is 13.6 Å². The summed E-state index contributed by atoms with van der Waals surface area (Å²) in [6.45, 7) is 1.06. The number of nitrogens with zero attached hydrogens (tertiary/aromatic N) is 2. The second-order valence-electron chi connectivity index (χ2n) is 6.06. The lowest BCUT2D eigenvalue weighted by atomic mass is 9.93. The second kappa shape index (κ2) is 5.15. The Bertz CT molecular complexity index is 685. The molecule has 0 bridgehead atoms. The molecule has 1 aliphatic heterocycles. The van der Waals surface area contributed by atoms with Gasteiger partial charge in [-0.2, -0.15) is 0 Å². The van der Waals surface area contributed by atoms with Gasteiger partial charge in [0.05, 0.1) is 17.1 Å². The molecule has 108 valence electrons. The maximum absolute atomic E-state index is 4.81. The van der Waals surface area contributed by atoms with E-state index in [-0.39, 0.29) is 0 Å². The smallest absolute Gasteiger partial charge is 0.0668 e. The van der Waals surface area contributed by atoms with Gasteiger partial charge in [0, 0.05) is 18.0 Å². The molecule has 1 aromatic rings. The van der Waals surface area contributed by atoms with E-state index in [2.05, 4.69) is 46.6 Å². The number of hydrogen-bond acceptors (Lipinski definition) is 2. The topological polar surface area (TPSA) is 29.3 Å². The fourth-order valence-corrected chi connectivity index (χ4v) is 3.55. The molecule has 3 heteroatoms. The number of rotatable bonds is 3. The van der Waals surface area contributed by atoms with Crippen LogP contribution in [0.5, 0.6) is 0 Å². The van der Waals surface area contributed by atoms with Gasteiger partial charge in [0.15, 0.2) is 0 Å². The summed E-state index contributed by atoms with van der Waals surface area (Å²) in [6.07, 6.45) is 15.7. The number of aryl methyl sites for hydroxylation is 1. The Kier molecular flexibility index (Phi) is 3.15. The van der Waals surface area contributed by atoms with Crippen molar-refractivity contribution >= 4 is 17.5 Å². The van der Waals surface area contributed by atoms with Gasteiger partial charge in [0.25, 0.3) is 0 Å². The first-order valence-corrected chi connectivity index (χ1v) is 7.88. The Morgan fingerprint density at radius 2 is 2.38 bits per heavy atom. The highest BCUT2D eigenvalue weighted by Gasteiger charge is 2.24. The van der Waals surface area contributed by atoms with Gasteiger partial charge < -0.3 is 9.88 Å². The highest BCUT2D eigenvalue weighted by molar-refractivity contribution is 6.11. The fourth-order valence-electron chi connectivity index (χ4n) is 3.55. The van der Waals surface area contributed by atoms with E-state index in [1.165, 1.54) is 34.6 Å². The first-order chi connectivity index (χ1) is 10.4. The monoisotopic (exact) mass is 279 g/mol. The molecule has 0 saturated carbocycles. The second-order valence-corrected chi connectivity index (χ2v) is 6.06. The molecule has 2 aliphatic carbocycles. The minimum absolute atomic E-state index is 0.600. The minimum atomic E-state index is 0.600. The molecule has 0 saturated heterocycles. The van der Waals surface area contributed by atoms with Gasteiger partial charge in [0.1, 0.15) is 0 Å². The Hall–Kier alpha value is -1.87. The number of allylic oxidation sites excluding steroid dienone is 6. The molecular formula is C18H21N3. The van der Waals surface area contributed by atoms with E-state index in [1.807, 2.05) is 7.05 Å². The van der Waals surface area contributed by atoms with Crippen LogP contribution in [-0.4, -0.2) is 24.4 Å². The highest BCUT2D eigenvalue weighted by atomic mass is 15.0. The van der Waals surface area contributed by atoms with Crippen molar-refractivity contribution in [3.05, 3.63) is 47.4 Å². The van der Waals surface area contributed by atoms with Crippen LogP contribution >= 0.6 is 0 Å². The lowest BCUT2D eigenvalue weighted by Crippen LogP contribution is -2.15. The molecule has 0 radical (unpaired) electrons. The van der Waals surface area contributed by atoms with Crippen LogP contribution in [0.4, 0.5) is 0 Å². The molecule has 2 heterocycles. The third kappa shape index (κ3) is 2.12. The summed E-state index contributed by atoms with van der Waals surface area (Å²) >= 11 is 0. The number of aromatic nitrogens is 1. The summed E-state index contributed by atoms with van der Waals surface area (Å²) in [5.74, 6) is 0.600. The van der Waals surface area contributed by atoms with Crippen LogP contribution in [0, 0.1) is 5.92 Å². The normalized spacial score (nSPS) is 22.7. The van der Waals surface area contributed by atoms with Crippen molar-refractivity contribution in [3.63, 3.8) is 0 Å². The van der Waals surface area contributed by atoms with Crippen LogP contribution in [0.1, 0.15) is 30.5 Å². The first-order valence-electron chi connectivity index (χ1n) is 7.88. The van der Waals surface area contributed by atoms with Crippen LogP contribution in [-0.2, 0) is 6.42 Å². The molecule has 21 heavy (non-hydrogen) atoms. The zero-order chi connectivity index (χ0) is 14.2. The van der Waals surface area contributed by atoms with Gasteiger partial charge in [0.2, 0.25) is 0 Å². The van der Waals surface area contributed by atoms with E-state index in [0.717, 1.165) is 25.8 Å². The molecule has 3 aliphatic rings. The van der Waals surface area contributed by atoms with Gasteiger partial charge in [-0.25, -0.2) is 0 Å². The largest absolute Gasteiger partial charge is 0.320 e. The third-order valence-corrected chi connectivity index (χ3v) is 4.68. The number of aliphatic imine (C=N–C) groups is 1. The molecular weight excluding hydrogens is 258 g/mol. The first kappa shape index (κ1) is 12.8. The van der Waals surface area contributed by atoms with Crippen molar-refractivity contribution in [2.24, 2.45) is 10.9 Å². The predicted octanol–water partition coefficient (Wildman–Crippen LogP) is 3.26. The Morgan fingerprint density at radius 3 is 3.29 bits per heavy atom. The highest BCUT2D eigenvalue weighted by Crippen LogP contribution is 2.36. The zero-order valence-corrected chi connectivity index (χ0v) is 12.5. The molecule has 0 fully saturated rings. The summed E-state index contributed by atoms with van der Waals surface area (Å²) in [6, 6.07) is 2.27. The number of fused-ring (bicyclic) bond motifs is 1. The predicted molar refractivity (Wildman–Crippen MR) is 88.2 cm³/mol. The van der Waals surface area contributed by atoms with E-state index < -0.39 is 0 Å². The van der Waals surface area contributed by atoms with Gasteiger partial charge in [-0.1, -0.05) is 12.2 Å². The van der Waals surface area contributed by atoms with Crippen molar-refractivity contribution in [1.82, 2.24) is 9.88 Å². The maximum Gasteiger partial charge on any atom is 0.0668 e. The molecule has 1 N–H and O–H groups in total. The molecule has 1 aromatic heterocycles. The SMILES string of the molecule is CNCCC1C=CC2=C(C1)N=CC1=CCCc3ccn2c31. The summed E-state index contributed by atoms with van der Waals surface area (Å²) in [4.78, 5) is 4.81. The quantitative estimate of drug-likeness (QED) is 0.904. The van der Waals surface area contributed by atoms with Crippen molar-refractivity contribution in [1.29, 1.82) is 0 Å². The average Bonchev–Trinajstić information content (AvgIpc) is 2.88. The van der Waals surface area contributed by atoms with Crippen LogP contribution < -0.4 is 5.32 Å². The van der Waals surface area contributed by atoms with Gasteiger partial charge in [-0.3, -0.25) is 4.99 Å². The van der Waals surface area contributed by atoms with Crippen LogP contribution in [0.2, 0.25) is 0 Å². The molecule has 1 unspecified atom stereocenters. The minimum Gasteiger partial charge on any atom is -0.320 e. The maximum atomic E-state index is 4.81. The lowest BCUT2D eigenvalue weighted by molar-refractivity contribution is 0.556. The zero-order valence-electron chi connectivity index (χ0n) is 12.5. The Morgan fingerprint density at radius 1 is 1.43 bits per heavy atom. The summed E-state index contributed by atoms with van der Waals surface area (Å²) in [5.41, 5.74) is 6.59. The molecule has 3 nitrogen and oxygen atoms in total. The molecule has 1 atom stereocenters. The average molecular weight is 279 g/mol. The molecule has 0 spiro atoms. The molecule has 0 amide bonds. The van der Waals surface area contributed by atoms with Crippen molar-refractivity contribution in [2.45, 2.75) is 25.7 Å². The van der Waals surface area contributed by atoms with E-state index in [1.54, 1.807) is 0 Å². The van der Waals surface area contributed by atoms with Crippen LogP contribution in [0.15, 0.2) is 41.2 Å². The van der Waals surface area contributed by atoms with Gasteiger partial charge >= 0.3 is 0 Å². The van der Waals surface area contributed by atoms with E-state index in [9.17, 15) is 0 Å². The standard InChI is InChI=1S/C18H21N3/c1-19-9-7-13-5-6-17-16(11-13)20-12-15-4-2-3-14-8-10-21(17)18(14)15/h4-6,8,10,12-13,19H,2-3,7,9,11H2,1H3. The van der Waals surface area contributed by atoms with Gasteiger partial charge in [-0.05, 0) is 62.9 Å². The fraction of sp³-hybridized carbons (Fsp3) is 0.389. The van der Waals surface area contributed by atoms with Crippen LogP contribution in [0.3, 0.4) is 0 Å². The van der Waals surface area contributed by atoms with E-state index in [0.29, 0.717) is 5.92 Å². The number of hydrogen-bond donors (Lipinski definition) is 1. The van der Waals surface area contributed by atoms with Crippen molar-refractivity contribution < 1.29 is 0 Å². The van der Waals surface area contributed by atoms with Crippen LogP contribution in [0.25, 0.3) is 11.3 Å². The summed E-state index contributed by atoms with van der Waals surface area (Å²) in [7, 11) is 2.02. The van der Waals surface area contributed by atoms with Crippen molar-refractivity contribution in [3.8, 4) is 0 Å².